The number of benzene rings is 1. The summed E-state index contributed by atoms with van der Waals surface area (Å²) in [6.45, 7) is 11.1. The SMILES string of the molecule is CCCN1CCN(c2ncnc3sc(C(=O)Nc4ccccc4C(=O)OCC)c(C)c23)CC1. The van der Waals surface area contributed by atoms with Crippen molar-refractivity contribution in [3.63, 3.8) is 0 Å². The molecule has 1 aliphatic rings. The van der Waals surface area contributed by atoms with Crippen LogP contribution in [0.25, 0.3) is 10.2 Å². The number of carbonyl (C=O) groups excluding carboxylic acids is 2. The number of aryl methyl sites for hydroxylation is 1. The van der Waals surface area contributed by atoms with E-state index in [2.05, 4.69) is 32.0 Å². The van der Waals surface area contributed by atoms with E-state index in [0.29, 0.717) is 16.1 Å². The number of ether oxygens (including phenoxy) is 1. The highest BCUT2D eigenvalue weighted by Crippen LogP contribution is 2.35. The van der Waals surface area contributed by atoms with Crippen molar-refractivity contribution in [1.82, 2.24) is 14.9 Å². The minimum absolute atomic E-state index is 0.269. The molecule has 4 rings (SSSR count). The Kier molecular flexibility index (Phi) is 7.20. The molecule has 0 aliphatic carbocycles. The van der Waals surface area contributed by atoms with Crippen molar-refractivity contribution in [3.05, 3.63) is 46.6 Å². The molecule has 0 atom stereocenters. The van der Waals surface area contributed by atoms with E-state index in [9.17, 15) is 9.59 Å². The fraction of sp³-hybridized carbons (Fsp3) is 0.417. The summed E-state index contributed by atoms with van der Waals surface area (Å²) in [6.07, 6.45) is 2.73. The van der Waals surface area contributed by atoms with Crippen LogP contribution in [-0.4, -0.2) is 66.1 Å². The molecule has 1 N–H and O–H groups in total. The van der Waals surface area contributed by atoms with Crippen LogP contribution in [0.1, 0.15) is 45.9 Å². The van der Waals surface area contributed by atoms with Gasteiger partial charge in [-0.2, -0.15) is 0 Å². The van der Waals surface area contributed by atoms with Gasteiger partial charge in [-0.15, -0.1) is 11.3 Å². The first kappa shape index (κ1) is 23.1. The number of para-hydroxylation sites is 1. The number of thiophene rings is 1. The number of nitrogens with one attached hydrogen (secondary N) is 1. The van der Waals surface area contributed by atoms with Crippen molar-refractivity contribution in [2.45, 2.75) is 27.2 Å². The maximum absolute atomic E-state index is 13.2. The van der Waals surface area contributed by atoms with Gasteiger partial charge in [0.05, 0.1) is 28.1 Å². The van der Waals surface area contributed by atoms with Gasteiger partial charge in [0.1, 0.15) is 17.0 Å². The molecule has 1 aliphatic heterocycles. The zero-order chi connectivity index (χ0) is 23.4. The van der Waals surface area contributed by atoms with E-state index in [4.69, 9.17) is 4.74 Å². The molecule has 0 radical (unpaired) electrons. The number of esters is 1. The van der Waals surface area contributed by atoms with Crippen LogP contribution >= 0.6 is 11.3 Å². The van der Waals surface area contributed by atoms with Crippen LogP contribution in [0.2, 0.25) is 0 Å². The highest BCUT2D eigenvalue weighted by molar-refractivity contribution is 7.20. The van der Waals surface area contributed by atoms with Gasteiger partial charge in [0.2, 0.25) is 0 Å². The molecule has 1 fully saturated rings. The fourth-order valence-corrected chi connectivity index (χ4v) is 5.21. The minimum Gasteiger partial charge on any atom is -0.462 e. The first-order chi connectivity index (χ1) is 16.0. The van der Waals surface area contributed by atoms with E-state index in [1.54, 1.807) is 37.5 Å². The predicted octanol–water partition coefficient (Wildman–Crippen LogP) is 3.96. The van der Waals surface area contributed by atoms with Crippen molar-refractivity contribution in [2.24, 2.45) is 0 Å². The van der Waals surface area contributed by atoms with Gasteiger partial charge < -0.3 is 15.0 Å². The van der Waals surface area contributed by atoms with Crippen molar-refractivity contribution < 1.29 is 14.3 Å². The highest BCUT2D eigenvalue weighted by atomic mass is 32.1. The van der Waals surface area contributed by atoms with Gasteiger partial charge in [0.15, 0.2) is 0 Å². The quantitative estimate of drug-likeness (QED) is 0.526. The molecular formula is C24H29N5O3S. The monoisotopic (exact) mass is 467 g/mol. The summed E-state index contributed by atoms with van der Waals surface area (Å²) in [7, 11) is 0. The molecule has 3 aromatic rings. The topological polar surface area (TPSA) is 87.7 Å². The third-order valence-corrected chi connectivity index (χ3v) is 6.99. The number of carbonyl (C=O) groups is 2. The third kappa shape index (κ3) is 4.84. The second-order valence-electron chi connectivity index (χ2n) is 7.98. The molecule has 0 spiro atoms. The number of hydrogen-bond acceptors (Lipinski definition) is 8. The molecule has 0 saturated carbocycles. The van der Waals surface area contributed by atoms with E-state index in [-0.39, 0.29) is 12.5 Å². The zero-order valence-corrected chi connectivity index (χ0v) is 20.1. The third-order valence-electron chi connectivity index (χ3n) is 5.80. The molecule has 174 valence electrons. The Bertz CT molecular complexity index is 1150. The summed E-state index contributed by atoms with van der Waals surface area (Å²) in [5, 5.41) is 3.82. The lowest BCUT2D eigenvalue weighted by atomic mass is 10.1. The Morgan fingerprint density at radius 1 is 1.12 bits per heavy atom. The molecule has 33 heavy (non-hydrogen) atoms. The average molecular weight is 468 g/mol. The number of amides is 1. The lowest BCUT2D eigenvalue weighted by molar-refractivity contribution is 0.0527. The number of rotatable bonds is 7. The van der Waals surface area contributed by atoms with Crippen LogP contribution in [0.3, 0.4) is 0 Å². The van der Waals surface area contributed by atoms with E-state index < -0.39 is 5.97 Å². The highest BCUT2D eigenvalue weighted by Gasteiger charge is 2.25. The molecule has 3 heterocycles. The van der Waals surface area contributed by atoms with Crippen molar-refractivity contribution in [3.8, 4) is 0 Å². The second-order valence-corrected chi connectivity index (χ2v) is 8.98. The fourth-order valence-electron chi connectivity index (χ4n) is 4.17. The van der Waals surface area contributed by atoms with Gasteiger partial charge in [-0.05, 0) is 44.5 Å². The van der Waals surface area contributed by atoms with Gasteiger partial charge >= 0.3 is 5.97 Å². The molecule has 0 bridgehead atoms. The van der Waals surface area contributed by atoms with Crippen molar-refractivity contribution >= 4 is 44.9 Å². The smallest absolute Gasteiger partial charge is 0.340 e. The van der Waals surface area contributed by atoms with Crippen LogP contribution in [0.4, 0.5) is 11.5 Å². The number of hydrogen-bond donors (Lipinski definition) is 1. The molecule has 8 nitrogen and oxygen atoms in total. The summed E-state index contributed by atoms with van der Waals surface area (Å²) in [6, 6.07) is 6.87. The molecule has 9 heteroatoms. The summed E-state index contributed by atoms with van der Waals surface area (Å²) in [5.41, 5.74) is 1.61. The van der Waals surface area contributed by atoms with Gasteiger partial charge in [-0.3, -0.25) is 9.69 Å². The van der Waals surface area contributed by atoms with Crippen LogP contribution in [-0.2, 0) is 4.74 Å². The molecule has 0 unspecified atom stereocenters. The molecule has 1 amide bonds. The van der Waals surface area contributed by atoms with Crippen LogP contribution in [0, 0.1) is 6.92 Å². The summed E-state index contributed by atoms with van der Waals surface area (Å²) in [4.78, 5) is 40.6. The summed E-state index contributed by atoms with van der Waals surface area (Å²) < 4.78 is 5.12. The normalized spacial score (nSPS) is 14.5. The van der Waals surface area contributed by atoms with E-state index in [0.717, 1.165) is 60.7 Å². The largest absolute Gasteiger partial charge is 0.462 e. The van der Waals surface area contributed by atoms with Crippen LogP contribution in [0.5, 0.6) is 0 Å². The van der Waals surface area contributed by atoms with Crippen molar-refractivity contribution in [2.75, 3.05) is 49.5 Å². The predicted molar refractivity (Wildman–Crippen MR) is 131 cm³/mol. The van der Waals surface area contributed by atoms with E-state index in [1.165, 1.54) is 11.3 Å². The number of aromatic nitrogens is 2. The Morgan fingerprint density at radius 3 is 2.61 bits per heavy atom. The first-order valence-electron chi connectivity index (χ1n) is 11.3. The number of piperazine rings is 1. The molecular weight excluding hydrogens is 438 g/mol. The Morgan fingerprint density at radius 2 is 1.88 bits per heavy atom. The zero-order valence-electron chi connectivity index (χ0n) is 19.3. The number of fused-ring (bicyclic) bond motifs is 1. The summed E-state index contributed by atoms with van der Waals surface area (Å²) in [5.74, 6) is 0.152. The molecule has 2 aromatic heterocycles. The van der Waals surface area contributed by atoms with Gasteiger partial charge in [-0.1, -0.05) is 19.1 Å². The molecule has 1 aromatic carbocycles. The maximum Gasteiger partial charge on any atom is 0.340 e. The van der Waals surface area contributed by atoms with E-state index >= 15 is 0 Å². The van der Waals surface area contributed by atoms with E-state index in [1.807, 2.05) is 6.92 Å². The lowest BCUT2D eigenvalue weighted by Crippen LogP contribution is -2.46. The Labute approximate surface area is 197 Å². The maximum atomic E-state index is 13.2. The van der Waals surface area contributed by atoms with Crippen LogP contribution < -0.4 is 10.2 Å². The standard InChI is InChI=1S/C24H29N5O3S/c1-4-10-28-11-13-29(14-12-28)21-19-16(3)20(33-23(19)26-15-25-21)22(30)27-18-9-7-6-8-17(18)24(31)32-5-2/h6-9,15H,4-5,10-14H2,1-3H3,(H,27,30). The first-order valence-corrected chi connectivity index (χ1v) is 12.1. The van der Waals surface area contributed by atoms with Crippen molar-refractivity contribution in [1.29, 1.82) is 0 Å². The number of nitrogens with zero attached hydrogens (tertiary/aromatic N) is 4. The average Bonchev–Trinajstić information content (AvgIpc) is 3.17. The number of anilines is 2. The van der Waals surface area contributed by atoms with Gasteiger partial charge in [-0.25, -0.2) is 14.8 Å². The van der Waals surface area contributed by atoms with Gasteiger partial charge in [0, 0.05) is 26.2 Å². The minimum atomic E-state index is -0.461. The Balaban J connectivity index is 1.60. The Hall–Kier alpha value is -3.04. The van der Waals surface area contributed by atoms with Crippen LogP contribution in [0.15, 0.2) is 30.6 Å². The van der Waals surface area contributed by atoms with Gasteiger partial charge in [0.25, 0.3) is 5.91 Å². The second kappa shape index (κ2) is 10.3. The lowest BCUT2D eigenvalue weighted by Gasteiger charge is -2.35. The summed E-state index contributed by atoms with van der Waals surface area (Å²) >= 11 is 1.35. The molecule has 1 saturated heterocycles.